The zero-order valence-corrected chi connectivity index (χ0v) is 9.59. The summed E-state index contributed by atoms with van der Waals surface area (Å²) in [6.45, 7) is 2.05. The van der Waals surface area contributed by atoms with Gasteiger partial charge in [0.25, 0.3) is 5.56 Å². The minimum absolute atomic E-state index is 0.0248. The minimum atomic E-state index is -0.255. The van der Waals surface area contributed by atoms with Crippen molar-refractivity contribution in [1.82, 2.24) is 19.5 Å². The van der Waals surface area contributed by atoms with Gasteiger partial charge in [-0.1, -0.05) is 13.3 Å². The number of nitrogens with one attached hydrogen (secondary N) is 1. The summed E-state index contributed by atoms with van der Waals surface area (Å²) >= 11 is 0. The van der Waals surface area contributed by atoms with Crippen LogP contribution >= 0.6 is 0 Å². The SMILES string of the molecule is CCCC(CC=O)n1cnc2c(=O)[nH]cnc21. The van der Waals surface area contributed by atoms with Crippen LogP contribution < -0.4 is 5.56 Å². The molecule has 1 N–H and O–H groups in total. The summed E-state index contributed by atoms with van der Waals surface area (Å²) in [6, 6.07) is 0.0248. The molecule has 6 nitrogen and oxygen atoms in total. The summed E-state index contributed by atoms with van der Waals surface area (Å²) in [5, 5.41) is 0. The predicted molar refractivity (Wildman–Crippen MR) is 62.8 cm³/mol. The molecular formula is C11H14N4O2. The van der Waals surface area contributed by atoms with Gasteiger partial charge in [-0.15, -0.1) is 0 Å². The molecule has 17 heavy (non-hydrogen) atoms. The molecule has 1 unspecified atom stereocenters. The van der Waals surface area contributed by atoms with E-state index in [9.17, 15) is 9.59 Å². The third-order valence-electron chi connectivity index (χ3n) is 2.75. The van der Waals surface area contributed by atoms with Crippen LogP contribution in [0.1, 0.15) is 32.2 Å². The van der Waals surface area contributed by atoms with E-state index < -0.39 is 0 Å². The molecule has 1 atom stereocenters. The Morgan fingerprint density at radius 2 is 2.35 bits per heavy atom. The Morgan fingerprint density at radius 1 is 1.53 bits per heavy atom. The number of carbonyl (C=O) groups excluding carboxylic acids is 1. The van der Waals surface area contributed by atoms with E-state index in [-0.39, 0.29) is 11.6 Å². The highest BCUT2D eigenvalue weighted by Gasteiger charge is 2.15. The van der Waals surface area contributed by atoms with Crippen molar-refractivity contribution in [2.24, 2.45) is 0 Å². The van der Waals surface area contributed by atoms with Gasteiger partial charge in [-0.2, -0.15) is 0 Å². The number of aromatic nitrogens is 4. The second-order valence-electron chi connectivity index (χ2n) is 3.90. The molecule has 0 bridgehead atoms. The molecule has 2 aromatic heterocycles. The topological polar surface area (TPSA) is 80.6 Å². The molecule has 0 aromatic carbocycles. The monoisotopic (exact) mass is 234 g/mol. The molecule has 0 spiro atoms. The van der Waals surface area contributed by atoms with Gasteiger partial charge < -0.3 is 14.3 Å². The molecule has 0 saturated heterocycles. The molecule has 0 fully saturated rings. The second-order valence-corrected chi connectivity index (χ2v) is 3.90. The van der Waals surface area contributed by atoms with Gasteiger partial charge in [0, 0.05) is 12.5 Å². The summed E-state index contributed by atoms with van der Waals surface area (Å²) in [4.78, 5) is 32.8. The van der Waals surface area contributed by atoms with Crippen LogP contribution in [-0.2, 0) is 4.79 Å². The Hall–Kier alpha value is -1.98. The molecule has 0 radical (unpaired) electrons. The number of fused-ring (bicyclic) bond motifs is 1. The lowest BCUT2D eigenvalue weighted by Crippen LogP contribution is -2.11. The lowest BCUT2D eigenvalue weighted by Gasteiger charge is -2.14. The largest absolute Gasteiger partial charge is 0.312 e. The Bertz CT molecular complexity index is 572. The van der Waals surface area contributed by atoms with Gasteiger partial charge in [0.05, 0.1) is 12.7 Å². The number of nitrogens with zero attached hydrogens (tertiary/aromatic N) is 3. The number of aldehydes is 1. The maximum Gasteiger partial charge on any atom is 0.278 e. The zero-order valence-electron chi connectivity index (χ0n) is 9.59. The minimum Gasteiger partial charge on any atom is -0.312 e. The second kappa shape index (κ2) is 4.90. The number of aromatic amines is 1. The number of rotatable bonds is 5. The average Bonchev–Trinajstić information content (AvgIpc) is 2.74. The van der Waals surface area contributed by atoms with Crippen LogP contribution in [0.2, 0.25) is 0 Å². The standard InChI is InChI=1S/C11H14N4O2/c1-2-3-8(4-5-16)15-7-14-9-10(15)12-6-13-11(9)17/h5-8H,2-4H2,1H3,(H,12,13,17). The van der Waals surface area contributed by atoms with E-state index in [1.54, 1.807) is 6.33 Å². The van der Waals surface area contributed by atoms with Crippen molar-refractivity contribution >= 4 is 17.5 Å². The first-order valence-electron chi connectivity index (χ1n) is 5.61. The van der Waals surface area contributed by atoms with Gasteiger partial charge in [0.15, 0.2) is 11.2 Å². The molecule has 0 saturated carbocycles. The highest BCUT2D eigenvalue weighted by atomic mass is 16.1. The van der Waals surface area contributed by atoms with Crippen molar-refractivity contribution in [1.29, 1.82) is 0 Å². The molecule has 0 aliphatic carbocycles. The van der Waals surface area contributed by atoms with Gasteiger partial charge in [-0.3, -0.25) is 4.79 Å². The Kier molecular flexibility index (Phi) is 3.32. The molecular weight excluding hydrogens is 220 g/mol. The molecule has 0 aliphatic heterocycles. The van der Waals surface area contributed by atoms with E-state index in [2.05, 4.69) is 21.9 Å². The van der Waals surface area contributed by atoms with Gasteiger partial charge in [-0.05, 0) is 6.42 Å². The third-order valence-corrected chi connectivity index (χ3v) is 2.75. The van der Waals surface area contributed by atoms with Crippen molar-refractivity contribution in [2.75, 3.05) is 0 Å². The van der Waals surface area contributed by atoms with E-state index >= 15 is 0 Å². The number of carbonyl (C=O) groups is 1. The molecule has 2 heterocycles. The van der Waals surface area contributed by atoms with E-state index in [1.807, 2.05) is 4.57 Å². The molecule has 90 valence electrons. The van der Waals surface area contributed by atoms with Crippen LogP contribution in [0.4, 0.5) is 0 Å². The average molecular weight is 234 g/mol. The highest BCUT2D eigenvalue weighted by molar-refractivity contribution is 5.69. The van der Waals surface area contributed by atoms with Crippen molar-refractivity contribution in [3.63, 3.8) is 0 Å². The van der Waals surface area contributed by atoms with Crippen LogP contribution in [0.5, 0.6) is 0 Å². The number of H-pyrrole nitrogens is 1. The Labute approximate surface area is 97.7 Å². The first kappa shape index (κ1) is 11.5. The van der Waals surface area contributed by atoms with Crippen LogP contribution in [0.3, 0.4) is 0 Å². The fourth-order valence-electron chi connectivity index (χ4n) is 1.95. The number of hydrogen-bond acceptors (Lipinski definition) is 4. The number of hydrogen-bond donors (Lipinski definition) is 1. The Balaban J connectivity index is 2.50. The highest BCUT2D eigenvalue weighted by Crippen LogP contribution is 2.20. The summed E-state index contributed by atoms with van der Waals surface area (Å²) < 4.78 is 1.81. The Morgan fingerprint density at radius 3 is 3.06 bits per heavy atom. The first-order chi connectivity index (χ1) is 8.27. The van der Waals surface area contributed by atoms with Crippen LogP contribution in [-0.4, -0.2) is 25.8 Å². The molecule has 2 aromatic rings. The molecule has 0 amide bonds. The van der Waals surface area contributed by atoms with Gasteiger partial charge >= 0.3 is 0 Å². The van der Waals surface area contributed by atoms with Crippen LogP contribution in [0, 0.1) is 0 Å². The van der Waals surface area contributed by atoms with E-state index in [0.717, 1.165) is 19.1 Å². The fraction of sp³-hybridized carbons (Fsp3) is 0.455. The number of imidazole rings is 1. The molecule has 2 rings (SSSR count). The molecule has 6 heteroatoms. The normalized spacial score (nSPS) is 12.8. The van der Waals surface area contributed by atoms with Gasteiger partial charge in [0.2, 0.25) is 0 Å². The maximum absolute atomic E-state index is 11.5. The zero-order chi connectivity index (χ0) is 12.3. The van der Waals surface area contributed by atoms with Crippen molar-refractivity contribution in [3.8, 4) is 0 Å². The molecule has 0 aliphatic rings. The third kappa shape index (κ3) is 2.11. The van der Waals surface area contributed by atoms with Gasteiger partial charge in [-0.25, -0.2) is 9.97 Å². The first-order valence-corrected chi connectivity index (χ1v) is 5.61. The summed E-state index contributed by atoms with van der Waals surface area (Å²) in [6.07, 6.45) is 6.05. The maximum atomic E-state index is 11.5. The van der Waals surface area contributed by atoms with Crippen molar-refractivity contribution < 1.29 is 4.79 Å². The lowest BCUT2D eigenvalue weighted by molar-refractivity contribution is -0.108. The van der Waals surface area contributed by atoms with E-state index in [0.29, 0.717) is 17.6 Å². The van der Waals surface area contributed by atoms with Crippen molar-refractivity contribution in [3.05, 3.63) is 23.0 Å². The summed E-state index contributed by atoms with van der Waals surface area (Å²) in [5.41, 5.74) is 0.601. The fourth-order valence-corrected chi connectivity index (χ4v) is 1.95. The van der Waals surface area contributed by atoms with Crippen LogP contribution in [0.25, 0.3) is 11.2 Å². The van der Waals surface area contributed by atoms with E-state index in [1.165, 1.54) is 6.33 Å². The van der Waals surface area contributed by atoms with Crippen molar-refractivity contribution in [2.45, 2.75) is 32.2 Å². The summed E-state index contributed by atoms with van der Waals surface area (Å²) in [5.74, 6) is 0. The predicted octanol–water partition coefficient (Wildman–Crippen LogP) is 1.05. The quantitative estimate of drug-likeness (QED) is 0.784. The lowest BCUT2D eigenvalue weighted by atomic mass is 10.1. The smallest absolute Gasteiger partial charge is 0.278 e. The van der Waals surface area contributed by atoms with Gasteiger partial charge in [0.1, 0.15) is 6.29 Å². The summed E-state index contributed by atoms with van der Waals surface area (Å²) in [7, 11) is 0. The van der Waals surface area contributed by atoms with Crippen LogP contribution in [0.15, 0.2) is 17.4 Å². The van der Waals surface area contributed by atoms with E-state index in [4.69, 9.17) is 0 Å².